The Morgan fingerprint density at radius 2 is 2.00 bits per heavy atom. The zero-order valence-electron chi connectivity index (χ0n) is 12.3. The fourth-order valence-electron chi connectivity index (χ4n) is 2.54. The number of hydrogen-bond donors (Lipinski definition) is 1. The third-order valence-electron chi connectivity index (χ3n) is 3.61. The minimum atomic E-state index is 0.782. The second kappa shape index (κ2) is 5.55. The van der Waals surface area contributed by atoms with Crippen molar-refractivity contribution in [2.45, 2.75) is 6.92 Å². The fraction of sp³-hybridized carbons (Fsp3) is 0.0588. The molecule has 0 atom stereocenters. The van der Waals surface area contributed by atoms with E-state index in [1.807, 2.05) is 43.3 Å². The number of aromatic nitrogens is 5. The van der Waals surface area contributed by atoms with Crippen LogP contribution in [0.1, 0.15) is 5.69 Å². The summed E-state index contributed by atoms with van der Waals surface area (Å²) in [6.07, 6.45) is 1.79. The van der Waals surface area contributed by atoms with Crippen molar-refractivity contribution in [3.63, 3.8) is 0 Å². The zero-order valence-corrected chi connectivity index (χ0v) is 13.9. The van der Waals surface area contributed by atoms with E-state index in [1.54, 1.807) is 6.20 Å². The van der Waals surface area contributed by atoms with Crippen LogP contribution in [0.2, 0.25) is 0 Å². The lowest BCUT2D eigenvalue weighted by Crippen LogP contribution is -1.90. The highest BCUT2D eigenvalue weighted by molar-refractivity contribution is 9.10. The minimum absolute atomic E-state index is 0.782. The van der Waals surface area contributed by atoms with Crippen LogP contribution < -0.4 is 0 Å². The van der Waals surface area contributed by atoms with E-state index in [2.05, 4.69) is 47.4 Å². The summed E-state index contributed by atoms with van der Waals surface area (Å²) in [5.41, 5.74) is 5.30. The molecule has 0 aliphatic heterocycles. The first kappa shape index (κ1) is 14.0. The van der Waals surface area contributed by atoms with Crippen molar-refractivity contribution >= 4 is 26.8 Å². The van der Waals surface area contributed by atoms with Crippen LogP contribution in [0.3, 0.4) is 0 Å². The molecule has 112 valence electrons. The molecule has 4 aromatic rings. The third kappa shape index (κ3) is 2.61. The lowest BCUT2D eigenvalue weighted by atomic mass is 10.1. The van der Waals surface area contributed by atoms with Crippen LogP contribution in [0.4, 0.5) is 0 Å². The number of nitrogens with zero attached hydrogens (tertiary/aromatic N) is 4. The summed E-state index contributed by atoms with van der Waals surface area (Å²) in [5.74, 6) is 0. The minimum Gasteiger partial charge on any atom is -0.255 e. The van der Waals surface area contributed by atoms with E-state index in [0.29, 0.717) is 0 Å². The summed E-state index contributed by atoms with van der Waals surface area (Å²) in [7, 11) is 0. The van der Waals surface area contributed by atoms with Gasteiger partial charge in [0.15, 0.2) is 0 Å². The highest BCUT2D eigenvalue weighted by Gasteiger charge is 2.13. The molecule has 0 aliphatic rings. The van der Waals surface area contributed by atoms with E-state index in [0.717, 1.165) is 43.7 Å². The number of nitrogens with one attached hydrogen (secondary N) is 1. The summed E-state index contributed by atoms with van der Waals surface area (Å²) in [6.45, 7) is 1.96. The number of fused-ring (bicyclic) bond motifs is 1. The maximum atomic E-state index is 4.55. The molecule has 4 rings (SSSR count). The van der Waals surface area contributed by atoms with Crippen molar-refractivity contribution < 1.29 is 0 Å². The van der Waals surface area contributed by atoms with Gasteiger partial charge in [-0.05, 0) is 53.2 Å². The molecule has 0 saturated heterocycles. The Hall–Kier alpha value is -2.60. The Balaban J connectivity index is 1.87. The van der Waals surface area contributed by atoms with E-state index < -0.39 is 0 Å². The second-order valence-corrected chi connectivity index (χ2v) is 6.18. The summed E-state index contributed by atoms with van der Waals surface area (Å²) in [4.78, 5) is 8.94. The lowest BCUT2D eigenvalue weighted by Gasteiger charge is -2.04. The Morgan fingerprint density at radius 1 is 1.09 bits per heavy atom. The zero-order chi connectivity index (χ0) is 15.8. The molecule has 0 aliphatic carbocycles. The molecule has 1 aromatic carbocycles. The monoisotopic (exact) mass is 365 g/mol. The van der Waals surface area contributed by atoms with Crippen molar-refractivity contribution in [3.05, 3.63) is 58.8 Å². The predicted molar refractivity (Wildman–Crippen MR) is 92.8 cm³/mol. The van der Waals surface area contributed by atoms with Gasteiger partial charge in [-0.1, -0.05) is 17.3 Å². The average Bonchev–Trinajstić information content (AvgIpc) is 3.03. The molecule has 0 unspecified atom stereocenters. The van der Waals surface area contributed by atoms with E-state index in [1.165, 1.54) is 0 Å². The Morgan fingerprint density at radius 3 is 2.87 bits per heavy atom. The number of H-pyrrole nitrogens is 1. The molecule has 3 heterocycles. The summed E-state index contributed by atoms with van der Waals surface area (Å²) in [6, 6.07) is 14.0. The summed E-state index contributed by atoms with van der Waals surface area (Å²) < 4.78 is 0.947. The smallest absolute Gasteiger partial charge is 0.122 e. The first-order valence-electron chi connectivity index (χ1n) is 7.11. The molecular formula is C17H12BrN5. The van der Waals surface area contributed by atoms with Crippen molar-refractivity contribution in [2.75, 3.05) is 0 Å². The van der Waals surface area contributed by atoms with Crippen LogP contribution in [0.15, 0.2) is 53.1 Å². The van der Waals surface area contributed by atoms with E-state index >= 15 is 0 Å². The normalized spacial score (nSPS) is 11.0. The van der Waals surface area contributed by atoms with Crippen LogP contribution in [0.25, 0.3) is 33.5 Å². The molecule has 5 nitrogen and oxygen atoms in total. The maximum absolute atomic E-state index is 4.55. The highest BCUT2D eigenvalue weighted by atomic mass is 79.9. The first-order chi connectivity index (χ1) is 11.2. The van der Waals surface area contributed by atoms with Gasteiger partial charge in [-0.25, -0.2) is 0 Å². The number of aromatic amines is 1. The number of hydrogen-bond acceptors (Lipinski definition) is 4. The Bertz CT molecular complexity index is 1010. The molecule has 0 spiro atoms. The van der Waals surface area contributed by atoms with Gasteiger partial charge < -0.3 is 0 Å². The van der Waals surface area contributed by atoms with Gasteiger partial charge in [0.05, 0.1) is 11.2 Å². The number of halogens is 1. The predicted octanol–water partition coefficient (Wildman–Crippen LogP) is 4.15. The average molecular weight is 366 g/mol. The quantitative estimate of drug-likeness (QED) is 0.579. The molecule has 1 N–H and O–H groups in total. The van der Waals surface area contributed by atoms with Crippen LogP contribution in [0.5, 0.6) is 0 Å². The Labute approximate surface area is 140 Å². The van der Waals surface area contributed by atoms with E-state index in [4.69, 9.17) is 0 Å². The molecule has 0 amide bonds. The molecule has 0 bridgehead atoms. The SMILES string of the molecule is Cc1cccc(-c2[nH]nnc2-c2ccc3ncc(Br)cc3c2)n1. The third-order valence-corrected chi connectivity index (χ3v) is 4.05. The van der Waals surface area contributed by atoms with Crippen LogP contribution >= 0.6 is 15.9 Å². The number of aryl methyl sites for hydroxylation is 1. The van der Waals surface area contributed by atoms with Gasteiger partial charge in [-0.3, -0.25) is 15.1 Å². The van der Waals surface area contributed by atoms with Crippen molar-refractivity contribution in [1.29, 1.82) is 0 Å². The van der Waals surface area contributed by atoms with Gasteiger partial charge in [0.2, 0.25) is 0 Å². The van der Waals surface area contributed by atoms with E-state index in [-0.39, 0.29) is 0 Å². The topological polar surface area (TPSA) is 67.3 Å². The number of benzene rings is 1. The van der Waals surface area contributed by atoms with Gasteiger partial charge in [0.1, 0.15) is 11.4 Å². The summed E-state index contributed by atoms with van der Waals surface area (Å²) in [5, 5.41) is 12.2. The maximum Gasteiger partial charge on any atom is 0.122 e. The Kier molecular flexibility index (Phi) is 3.38. The molecule has 23 heavy (non-hydrogen) atoms. The van der Waals surface area contributed by atoms with Crippen molar-refractivity contribution in [1.82, 2.24) is 25.4 Å². The number of pyridine rings is 2. The van der Waals surface area contributed by atoms with Gasteiger partial charge in [-0.15, -0.1) is 5.10 Å². The molecule has 3 aromatic heterocycles. The largest absolute Gasteiger partial charge is 0.255 e. The van der Waals surface area contributed by atoms with Crippen molar-refractivity contribution in [3.8, 4) is 22.6 Å². The van der Waals surface area contributed by atoms with E-state index in [9.17, 15) is 0 Å². The first-order valence-corrected chi connectivity index (χ1v) is 7.91. The molecule has 6 heteroatoms. The molecule has 0 saturated carbocycles. The molecule has 0 fully saturated rings. The standard InChI is InChI=1S/C17H12BrN5/c1-10-3-2-4-15(20-10)17-16(21-23-22-17)11-5-6-14-12(7-11)8-13(18)9-19-14/h2-9H,1H3,(H,21,22,23). The lowest BCUT2D eigenvalue weighted by molar-refractivity contribution is 0.942. The van der Waals surface area contributed by atoms with Gasteiger partial charge in [0, 0.05) is 27.3 Å². The summed E-state index contributed by atoms with van der Waals surface area (Å²) >= 11 is 3.46. The fourth-order valence-corrected chi connectivity index (χ4v) is 2.89. The molecule has 0 radical (unpaired) electrons. The van der Waals surface area contributed by atoms with Gasteiger partial charge >= 0.3 is 0 Å². The number of rotatable bonds is 2. The highest BCUT2D eigenvalue weighted by Crippen LogP contribution is 2.29. The van der Waals surface area contributed by atoms with Gasteiger partial charge in [-0.2, -0.15) is 0 Å². The van der Waals surface area contributed by atoms with Crippen LogP contribution in [-0.2, 0) is 0 Å². The second-order valence-electron chi connectivity index (χ2n) is 5.26. The van der Waals surface area contributed by atoms with Gasteiger partial charge in [0.25, 0.3) is 0 Å². The molecular weight excluding hydrogens is 354 g/mol. The van der Waals surface area contributed by atoms with Crippen LogP contribution in [-0.4, -0.2) is 25.4 Å². The van der Waals surface area contributed by atoms with Crippen LogP contribution in [0, 0.1) is 6.92 Å². The van der Waals surface area contributed by atoms with Crippen molar-refractivity contribution in [2.24, 2.45) is 0 Å².